The number of piperidine rings is 1. The standard InChI is InChI=1S/C20H31N3O3S.BrH/c1-13-18(27-20(22-13)15-9-11-21-12-10-15)19(25)23-16-6-3-14(4-7-16)5-8-17(24)26-2;/h14-16,21H,3-12H2,1-2H3,(H,23,25);1H. The highest BCUT2D eigenvalue weighted by molar-refractivity contribution is 8.93. The smallest absolute Gasteiger partial charge is 0.305 e. The van der Waals surface area contributed by atoms with E-state index in [4.69, 9.17) is 9.72 Å². The van der Waals surface area contributed by atoms with E-state index in [1.807, 2.05) is 6.92 Å². The molecule has 0 bridgehead atoms. The molecule has 0 atom stereocenters. The van der Waals surface area contributed by atoms with E-state index in [1.165, 1.54) is 7.11 Å². The van der Waals surface area contributed by atoms with Gasteiger partial charge in [0.05, 0.1) is 17.8 Å². The molecule has 2 fully saturated rings. The van der Waals surface area contributed by atoms with Gasteiger partial charge in [0.15, 0.2) is 0 Å². The number of amides is 1. The van der Waals surface area contributed by atoms with Gasteiger partial charge in [0, 0.05) is 18.4 Å². The van der Waals surface area contributed by atoms with Crippen LogP contribution in [0, 0.1) is 12.8 Å². The van der Waals surface area contributed by atoms with Crippen molar-refractivity contribution in [1.29, 1.82) is 0 Å². The zero-order valence-corrected chi connectivity index (χ0v) is 19.3. The molecule has 1 saturated carbocycles. The minimum atomic E-state index is -0.129. The van der Waals surface area contributed by atoms with E-state index in [0.29, 0.717) is 18.3 Å². The van der Waals surface area contributed by atoms with Gasteiger partial charge in [0.1, 0.15) is 4.88 Å². The number of methoxy groups -OCH3 is 1. The zero-order valence-electron chi connectivity index (χ0n) is 16.8. The molecule has 28 heavy (non-hydrogen) atoms. The van der Waals surface area contributed by atoms with Crippen LogP contribution < -0.4 is 10.6 Å². The fourth-order valence-electron chi connectivity index (χ4n) is 4.14. The van der Waals surface area contributed by atoms with Crippen LogP contribution >= 0.6 is 28.3 Å². The van der Waals surface area contributed by atoms with E-state index < -0.39 is 0 Å². The van der Waals surface area contributed by atoms with Gasteiger partial charge in [0.2, 0.25) is 0 Å². The summed E-state index contributed by atoms with van der Waals surface area (Å²) < 4.78 is 4.72. The molecule has 0 radical (unpaired) electrons. The van der Waals surface area contributed by atoms with Crippen LogP contribution in [0.25, 0.3) is 0 Å². The van der Waals surface area contributed by atoms with E-state index in [-0.39, 0.29) is 34.9 Å². The molecule has 158 valence electrons. The molecule has 6 nitrogen and oxygen atoms in total. The first-order chi connectivity index (χ1) is 13.1. The zero-order chi connectivity index (χ0) is 19.2. The van der Waals surface area contributed by atoms with Crippen LogP contribution in [0.1, 0.15) is 77.7 Å². The topological polar surface area (TPSA) is 80.3 Å². The number of carbonyl (C=O) groups excluding carboxylic acids is 2. The van der Waals surface area contributed by atoms with Gasteiger partial charge in [-0.05, 0) is 70.9 Å². The summed E-state index contributed by atoms with van der Waals surface area (Å²) in [5, 5.41) is 7.71. The van der Waals surface area contributed by atoms with Gasteiger partial charge in [-0.25, -0.2) is 4.98 Å². The molecule has 1 aliphatic heterocycles. The molecule has 2 N–H and O–H groups in total. The Bertz CT molecular complexity index is 653. The predicted octanol–water partition coefficient (Wildman–Crippen LogP) is 3.74. The second kappa shape index (κ2) is 11.3. The molecule has 2 aliphatic rings. The average molecular weight is 474 g/mol. The predicted molar refractivity (Wildman–Crippen MR) is 116 cm³/mol. The van der Waals surface area contributed by atoms with Gasteiger partial charge >= 0.3 is 5.97 Å². The Morgan fingerprint density at radius 3 is 2.50 bits per heavy atom. The van der Waals surface area contributed by atoms with Crippen molar-refractivity contribution in [3.63, 3.8) is 0 Å². The lowest BCUT2D eigenvalue weighted by atomic mass is 9.83. The molecule has 1 saturated heterocycles. The second-order valence-electron chi connectivity index (χ2n) is 7.80. The third kappa shape index (κ3) is 6.26. The van der Waals surface area contributed by atoms with Gasteiger partial charge in [-0.1, -0.05) is 0 Å². The fourth-order valence-corrected chi connectivity index (χ4v) is 5.28. The number of carbonyl (C=O) groups is 2. The number of aryl methyl sites for hydroxylation is 1. The Kier molecular flexibility index (Phi) is 9.37. The first kappa shape index (κ1) is 23.3. The molecule has 2 heterocycles. The monoisotopic (exact) mass is 473 g/mol. The molecule has 1 amide bonds. The number of ether oxygens (including phenoxy) is 1. The number of hydrogen-bond donors (Lipinski definition) is 2. The molecule has 0 spiro atoms. The van der Waals surface area contributed by atoms with Crippen molar-refractivity contribution in [3.8, 4) is 0 Å². The molecule has 1 aromatic heterocycles. The number of aromatic nitrogens is 1. The Hall–Kier alpha value is -0.990. The van der Waals surface area contributed by atoms with Crippen LogP contribution in [0.15, 0.2) is 0 Å². The van der Waals surface area contributed by atoms with Crippen molar-refractivity contribution in [3.05, 3.63) is 15.6 Å². The van der Waals surface area contributed by atoms with Gasteiger partial charge in [-0.3, -0.25) is 9.59 Å². The molecule has 3 rings (SSSR count). The Morgan fingerprint density at radius 1 is 1.18 bits per heavy atom. The molecule has 1 aromatic rings. The number of esters is 1. The normalized spacial score (nSPS) is 22.9. The maximum Gasteiger partial charge on any atom is 0.305 e. The highest BCUT2D eigenvalue weighted by Crippen LogP contribution is 2.32. The van der Waals surface area contributed by atoms with Crippen LogP contribution in [0.4, 0.5) is 0 Å². The molecular formula is C20H32BrN3O3S. The Labute approximate surface area is 182 Å². The van der Waals surface area contributed by atoms with E-state index in [0.717, 1.165) is 73.6 Å². The third-order valence-electron chi connectivity index (χ3n) is 5.87. The number of thiazole rings is 1. The Balaban J connectivity index is 0.00000280. The van der Waals surface area contributed by atoms with Gasteiger partial charge in [-0.15, -0.1) is 28.3 Å². The van der Waals surface area contributed by atoms with Gasteiger partial charge in [-0.2, -0.15) is 0 Å². The number of rotatable bonds is 6. The highest BCUT2D eigenvalue weighted by atomic mass is 79.9. The van der Waals surface area contributed by atoms with Crippen LogP contribution in [-0.2, 0) is 9.53 Å². The summed E-state index contributed by atoms with van der Waals surface area (Å²) in [5.41, 5.74) is 0.859. The molecule has 1 aliphatic carbocycles. The van der Waals surface area contributed by atoms with Crippen LogP contribution in [0.2, 0.25) is 0 Å². The van der Waals surface area contributed by atoms with Crippen LogP contribution in [-0.4, -0.2) is 43.1 Å². The minimum Gasteiger partial charge on any atom is -0.469 e. The first-order valence-corrected chi connectivity index (χ1v) is 10.9. The Morgan fingerprint density at radius 2 is 1.86 bits per heavy atom. The maximum absolute atomic E-state index is 12.8. The highest BCUT2D eigenvalue weighted by Gasteiger charge is 2.26. The SMILES string of the molecule is Br.COC(=O)CCC1CCC(NC(=O)c2sc(C3CCNCC3)nc2C)CC1. The van der Waals surface area contributed by atoms with Crippen LogP contribution in [0.3, 0.4) is 0 Å². The molecule has 8 heteroatoms. The van der Waals surface area contributed by atoms with Gasteiger partial charge < -0.3 is 15.4 Å². The van der Waals surface area contributed by atoms with Gasteiger partial charge in [0.25, 0.3) is 5.91 Å². The summed E-state index contributed by atoms with van der Waals surface area (Å²) in [5.74, 6) is 0.953. The lowest BCUT2D eigenvalue weighted by Gasteiger charge is -2.28. The number of nitrogens with one attached hydrogen (secondary N) is 2. The quantitative estimate of drug-likeness (QED) is 0.615. The van der Waals surface area contributed by atoms with Crippen molar-refractivity contribution in [2.45, 2.75) is 70.3 Å². The van der Waals surface area contributed by atoms with Crippen molar-refractivity contribution in [2.75, 3.05) is 20.2 Å². The third-order valence-corrected chi connectivity index (χ3v) is 7.19. The molecule has 0 aromatic carbocycles. The summed E-state index contributed by atoms with van der Waals surface area (Å²) >= 11 is 1.57. The van der Waals surface area contributed by atoms with E-state index in [9.17, 15) is 9.59 Å². The average Bonchev–Trinajstić information content (AvgIpc) is 3.09. The maximum atomic E-state index is 12.8. The summed E-state index contributed by atoms with van der Waals surface area (Å²) in [6.45, 7) is 4.01. The second-order valence-corrected chi connectivity index (χ2v) is 8.83. The van der Waals surface area contributed by atoms with Crippen LogP contribution in [0.5, 0.6) is 0 Å². The molecule has 0 unspecified atom stereocenters. The number of hydrogen-bond acceptors (Lipinski definition) is 6. The first-order valence-electron chi connectivity index (χ1n) is 10.1. The van der Waals surface area contributed by atoms with Crippen molar-refractivity contribution in [2.24, 2.45) is 5.92 Å². The fraction of sp³-hybridized carbons (Fsp3) is 0.750. The number of halogens is 1. The van der Waals surface area contributed by atoms with E-state index in [2.05, 4.69) is 10.6 Å². The lowest BCUT2D eigenvalue weighted by Crippen LogP contribution is -2.37. The van der Waals surface area contributed by atoms with Crippen molar-refractivity contribution < 1.29 is 14.3 Å². The lowest BCUT2D eigenvalue weighted by molar-refractivity contribution is -0.141. The summed E-state index contributed by atoms with van der Waals surface area (Å²) in [7, 11) is 1.44. The van der Waals surface area contributed by atoms with Crippen molar-refractivity contribution >= 4 is 40.2 Å². The summed E-state index contributed by atoms with van der Waals surface area (Å²) in [6, 6.07) is 0.232. The number of nitrogens with zero attached hydrogens (tertiary/aromatic N) is 1. The van der Waals surface area contributed by atoms with E-state index >= 15 is 0 Å². The summed E-state index contributed by atoms with van der Waals surface area (Å²) in [6.07, 6.45) is 7.67. The van der Waals surface area contributed by atoms with Crippen molar-refractivity contribution in [1.82, 2.24) is 15.6 Å². The largest absolute Gasteiger partial charge is 0.469 e. The molecular weight excluding hydrogens is 442 g/mol. The van der Waals surface area contributed by atoms with E-state index in [1.54, 1.807) is 11.3 Å². The summed E-state index contributed by atoms with van der Waals surface area (Å²) in [4.78, 5) is 29.5. The minimum absolute atomic E-state index is 0.